The van der Waals surface area contributed by atoms with E-state index in [9.17, 15) is 4.79 Å². The fourth-order valence-corrected chi connectivity index (χ4v) is 2.93. The van der Waals surface area contributed by atoms with Crippen molar-refractivity contribution in [2.75, 3.05) is 6.54 Å². The molecule has 0 aliphatic carbocycles. The van der Waals surface area contributed by atoms with Crippen LogP contribution in [0.15, 0.2) is 16.8 Å². The Morgan fingerprint density at radius 1 is 1.45 bits per heavy atom. The van der Waals surface area contributed by atoms with Crippen LogP contribution in [-0.2, 0) is 6.54 Å². The van der Waals surface area contributed by atoms with Crippen LogP contribution in [0.1, 0.15) is 60.9 Å². The minimum absolute atomic E-state index is 0.00787. The SMILES string of the molecule is CCCn1nccc1C(=O)N1CCCC[C@@H]1c1nc(C)no1. The Labute approximate surface area is 129 Å². The number of rotatable bonds is 4. The van der Waals surface area contributed by atoms with Gasteiger partial charge in [0.15, 0.2) is 5.82 Å². The van der Waals surface area contributed by atoms with Crippen LogP contribution in [0.3, 0.4) is 0 Å². The Morgan fingerprint density at radius 3 is 3.05 bits per heavy atom. The Kier molecular flexibility index (Phi) is 4.22. The maximum atomic E-state index is 12.9. The predicted octanol–water partition coefficient (Wildman–Crippen LogP) is 2.35. The summed E-state index contributed by atoms with van der Waals surface area (Å²) in [4.78, 5) is 19.1. The van der Waals surface area contributed by atoms with Gasteiger partial charge in [-0.3, -0.25) is 9.48 Å². The van der Waals surface area contributed by atoms with E-state index in [2.05, 4.69) is 22.2 Å². The zero-order chi connectivity index (χ0) is 15.5. The van der Waals surface area contributed by atoms with Gasteiger partial charge in [0, 0.05) is 19.3 Å². The summed E-state index contributed by atoms with van der Waals surface area (Å²) in [6.45, 7) is 5.31. The van der Waals surface area contributed by atoms with Crippen LogP contribution in [0.5, 0.6) is 0 Å². The van der Waals surface area contributed by atoms with Gasteiger partial charge in [0.1, 0.15) is 11.7 Å². The fourth-order valence-electron chi connectivity index (χ4n) is 2.93. The van der Waals surface area contributed by atoms with Gasteiger partial charge < -0.3 is 9.42 Å². The van der Waals surface area contributed by atoms with Crippen molar-refractivity contribution in [1.82, 2.24) is 24.8 Å². The first-order valence-corrected chi connectivity index (χ1v) is 7.83. The lowest BCUT2D eigenvalue weighted by atomic mass is 10.0. The number of likely N-dealkylation sites (tertiary alicyclic amines) is 1. The van der Waals surface area contributed by atoms with E-state index < -0.39 is 0 Å². The molecule has 3 rings (SSSR count). The monoisotopic (exact) mass is 303 g/mol. The van der Waals surface area contributed by atoms with Crippen molar-refractivity contribution in [1.29, 1.82) is 0 Å². The van der Waals surface area contributed by atoms with Crippen molar-refractivity contribution in [3.05, 3.63) is 29.7 Å². The molecule has 0 spiro atoms. The third kappa shape index (κ3) is 2.75. The molecule has 0 saturated carbocycles. The molecule has 0 aromatic carbocycles. The van der Waals surface area contributed by atoms with E-state index in [0.717, 1.165) is 32.2 Å². The molecule has 2 aromatic rings. The van der Waals surface area contributed by atoms with E-state index in [1.807, 2.05) is 4.90 Å². The molecule has 0 N–H and O–H groups in total. The second kappa shape index (κ2) is 6.29. The average molecular weight is 303 g/mol. The number of hydrogen-bond acceptors (Lipinski definition) is 5. The number of nitrogens with zero attached hydrogens (tertiary/aromatic N) is 5. The maximum Gasteiger partial charge on any atom is 0.272 e. The topological polar surface area (TPSA) is 77.1 Å². The molecule has 1 amide bonds. The summed E-state index contributed by atoms with van der Waals surface area (Å²) >= 11 is 0. The number of aryl methyl sites for hydroxylation is 2. The molecule has 1 saturated heterocycles. The molecule has 7 heteroatoms. The van der Waals surface area contributed by atoms with E-state index in [0.29, 0.717) is 24.0 Å². The summed E-state index contributed by atoms with van der Waals surface area (Å²) in [7, 11) is 0. The smallest absolute Gasteiger partial charge is 0.272 e. The number of carbonyl (C=O) groups excluding carboxylic acids is 1. The molecule has 22 heavy (non-hydrogen) atoms. The molecule has 7 nitrogen and oxygen atoms in total. The average Bonchev–Trinajstić information content (AvgIpc) is 3.16. The summed E-state index contributed by atoms with van der Waals surface area (Å²) in [6.07, 6.45) is 5.53. The van der Waals surface area contributed by atoms with Gasteiger partial charge in [-0.05, 0) is 38.7 Å². The summed E-state index contributed by atoms with van der Waals surface area (Å²) in [5, 5.41) is 8.10. The summed E-state index contributed by atoms with van der Waals surface area (Å²) in [5.74, 6) is 1.13. The van der Waals surface area contributed by atoms with Gasteiger partial charge in [-0.1, -0.05) is 12.1 Å². The zero-order valence-electron chi connectivity index (χ0n) is 13.0. The predicted molar refractivity (Wildman–Crippen MR) is 79.2 cm³/mol. The lowest BCUT2D eigenvalue weighted by Crippen LogP contribution is -2.39. The fraction of sp³-hybridized carbons (Fsp3) is 0.600. The Morgan fingerprint density at radius 2 is 2.32 bits per heavy atom. The lowest BCUT2D eigenvalue weighted by molar-refractivity contribution is 0.0548. The Hall–Kier alpha value is -2.18. The van der Waals surface area contributed by atoms with E-state index in [-0.39, 0.29) is 11.9 Å². The van der Waals surface area contributed by atoms with Gasteiger partial charge in [-0.2, -0.15) is 10.1 Å². The first-order valence-electron chi connectivity index (χ1n) is 7.83. The largest absolute Gasteiger partial charge is 0.337 e. The van der Waals surface area contributed by atoms with Crippen LogP contribution in [0.2, 0.25) is 0 Å². The highest BCUT2D eigenvalue weighted by molar-refractivity contribution is 5.92. The summed E-state index contributed by atoms with van der Waals surface area (Å²) in [6, 6.07) is 1.65. The highest BCUT2D eigenvalue weighted by atomic mass is 16.5. The molecule has 118 valence electrons. The van der Waals surface area contributed by atoms with E-state index in [1.54, 1.807) is 23.9 Å². The van der Waals surface area contributed by atoms with Gasteiger partial charge >= 0.3 is 0 Å². The van der Waals surface area contributed by atoms with Crippen LogP contribution in [0.4, 0.5) is 0 Å². The number of carbonyl (C=O) groups is 1. The molecule has 0 bridgehead atoms. The van der Waals surface area contributed by atoms with Gasteiger partial charge in [-0.25, -0.2) is 0 Å². The quantitative estimate of drug-likeness (QED) is 0.866. The van der Waals surface area contributed by atoms with E-state index in [4.69, 9.17) is 4.52 Å². The first-order chi connectivity index (χ1) is 10.7. The Bertz CT molecular complexity index is 648. The number of hydrogen-bond donors (Lipinski definition) is 0. The zero-order valence-corrected chi connectivity index (χ0v) is 13.0. The van der Waals surface area contributed by atoms with Crippen molar-refractivity contribution in [2.45, 2.75) is 52.1 Å². The lowest BCUT2D eigenvalue weighted by Gasteiger charge is -2.33. The van der Waals surface area contributed by atoms with Crippen molar-refractivity contribution < 1.29 is 9.32 Å². The molecular formula is C15H21N5O2. The number of piperidine rings is 1. The highest BCUT2D eigenvalue weighted by Gasteiger charge is 2.33. The van der Waals surface area contributed by atoms with Gasteiger partial charge in [-0.15, -0.1) is 0 Å². The molecule has 1 aliphatic rings. The number of aromatic nitrogens is 4. The Balaban J connectivity index is 1.86. The molecule has 1 aliphatic heterocycles. The van der Waals surface area contributed by atoms with Gasteiger partial charge in [0.05, 0.1) is 0 Å². The van der Waals surface area contributed by atoms with Crippen molar-refractivity contribution >= 4 is 5.91 Å². The molecule has 3 heterocycles. The normalized spacial score (nSPS) is 18.6. The van der Waals surface area contributed by atoms with Crippen LogP contribution >= 0.6 is 0 Å². The van der Waals surface area contributed by atoms with Crippen molar-refractivity contribution in [2.24, 2.45) is 0 Å². The standard InChI is InChI=1S/C15H21N5O2/c1-3-9-20-13(7-8-16-20)15(21)19-10-5-4-6-12(19)14-17-11(2)18-22-14/h7-8,12H,3-6,9-10H2,1-2H3/t12-/m1/s1. The molecule has 0 unspecified atom stereocenters. The number of amides is 1. The third-order valence-electron chi connectivity index (χ3n) is 3.96. The highest BCUT2D eigenvalue weighted by Crippen LogP contribution is 2.31. The third-order valence-corrected chi connectivity index (χ3v) is 3.96. The van der Waals surface area contributed by atoms with E-state index in [1.165, 1.54) is 0 Å². The maximum absolute atomic E-state index is 12.9. The van der Waals surface area contributed by atoms with E-state index >= 15 is 0 Å². The molecule has 2 aromatic heterocycles. The molecule has 1 fully saturated rings. The van der Waals surface area contributed by atoms with Crippen molar-refractivity contribution in [3.8, 4) is 0 Å². The summed E-state index contributed by atoms with van der Waals surface area (Å²) < 4.78 is 7.07. The molecule has 1 atom stereocenters. The molecule has 0 radical (unpaired) electrons. The summed E-state index contributed by atoms with van der Waals surface area (Å²) in [5.41, 5.74) is 0.630. The van der Waals surface area contributed by atoms with Crippen LogP contribution in [0, 0.1) is 6.92 Å². The van der Waals surface area contributed by atoms with Crippen LogP contribution < -0.4 is 0 Å². The van der Waals surface area contributed by atoms with Crippen molar-refractivity contribution in [3.63, 3.8) is 0 Å². The van der Waals surface area contributed by atoms with Gasteiger partial charge in [0.25, 0.3) is 5.91 Å². The molecular weight excluding hydrogens is 282 g/mol. The minimum atomic E-state index is -0.132. The van der Waals surface area contributed by atoms with Crippen LogP contribution in [0.25, 0.3) is 0 Å². The minimum Gasteiger partial charge on any atom is -0.337 e. The van der Waals surface area contributed by atoms with Crippen LogP contribution in [-0.4, -0.2) is 37.3 Å². The second-order valence-corrected chi connectivity index (χ2v) is 5.63. The van der Waals surface area contributed by atoms with Gasteiger partial charge in [0.2, 0.25) is 5.89 Å². The first kappa shape index (κ1) is 14.7. The second-order valence-electron chi connectivity index (χ2n) is 5.63.